The van der Waals surface area contributed by atoms with Gasteiger partial charge in [-0.1, -0.05) is 0 Å². The van der Waals surface area contributed by atoms with Crippen LogP contribution < -0.4 is 0 Å². The summed E-state index contributed by atoms with van der Waals surface area (Å²) in [7, 11) is 0. The molecule has 0 fully saturated rings. The molecule has 0 atom stereocenters. The zero-order valence-corrected chi connectivity index (χ0v) is 8.30. The van der Waals surface area contributed by atoms with Crippen LogP contribution in [0, 0.1) is 6.92 Å². The highest BCUT2D eigenvalue weighted by Gasteiger charge is 2.72. The Hall–Kier alpha value is -0.760. The maximum absolute atomic E-state index is 12.3. The third-order valence-electron chi connectivity index (χ3n) is 1.83. The third kappa shape index (κ3) is 1.91. The Bertz CT molecular complexity index is 363. The van der Waals surface area contributed by atoms with Gasteiger partial charge in [-0.3, -0.25) is 0 Å². The predicted molar refractivity (Wildman–Crippen MR) is 44.8 cm³/mol. The first-order chi connectivity index (χ1) is 7.00. The van der Waals surface area contributed by atoms with Crippen molar-refractivity contribution in [3.63, 3.8) is 0 Å². The van der Waals surface area contributed by atoms with Crippen LogP contribution in [0.3, 0.4) is 0 Å². The second-order valence-electron chi connectivity index (χ2n) is 3.03. The fourth-order valence-electron chi connectivity index (χ4n) is 1.01. The standard InChI is InChI=1S/C8H5F6OS/c1-4-2-5(16-3-4)6(15,7(9,10)11)8(12,13)14/h2-3,15H,1H2. The topological polar surface area (TPSA) is 20.2 Å². The van der Waals surface area contributed by atoms with E-state index in [9.17, 15) is 26.3 Å². The van der Waals surface area contributed by atoms with Gasteiger partial charge < -0.3 is 5.11 Å². The number of alkyl halides is 6. The maximum atomic E-state index is 12.3. The van der Waals surface area contributed by atoms with Crippen LogP contribution in [0.1, 0.15) is 10.4 Å². The van der Waals surface area contributed by atoms with E-state index >= 15 is 0 Å². The molecule has 0 bridgehead atoms. The molecule has 0 unspecified atom stereocenters. The summed E-state index contributed by atoms with van der Waals surface area (Å²) in [6, 6.07) is 0.561. The van der Waals surface area contributed by atoms with Crippen molar-refractivity contribution in [2.45, 2.75) is 18.0 Å². The normalized spacial score (nSPS) is 14.2. The molecule has 1 rings (SSSR count). The summed E-state index contributed by atoms with van der Waals surface area (Å²) >= 11 is 0.158. The SMILES string of the molecule is [CH2]c1csc(C(O)(C(F)(F)F)C(F)(F)F)c1. The predicted octanol–water partition coefficient (Wildman–Crippen LogP) is 3.24. The molecule has 8 heteroatoms. The molecule has 1 aromatic heterocycles. The summed E-state index contributed by atoms with van der Waals surface area (Å²) in [4.78, 5) is -1.24. The number of aliphatic hydroxyl groups is 1. The molecule has 0 aliphatic heterocycles. The number of thiophene rings is 1. The van der Waals surface area contributed by atoms with Gasteiger partial charge in [-0.2, -0.15) is 26.3 Å². The van der Waals surface area contributed by atoms with E-state index in [0.29, 0.717) is 6.07 Å². The zero-order valence-electron chi connectivity index (χ0n) is 7.49. The van der Waals surface area contributed by atoms with Gasteiger partial charge in [-0.15, -0.1) is 11.3 Å². The molecule has 0 aliphatic carbocycles. The largest absolute Gasteiger partial charge is 0.431 e. The molecule has 0 aromatic carbocycles. The lowest BCUT2D eigenvalue weighted by atomic mass is 10.0. The Labute approximate surface area is 90.3 Å². The Balaban J connectivity index is 3.38. The van der Waals surface area contributed by atoms with Crippen molar-refractivity contribution in [1.29, 1.82) is 0 Å². The summed E-state index contributed by atoms with van der Waals surface area (Å²) < 4.78 is 73.9. The molecule has 0 aliphatic rings. The summed E-state index contributed by atoms with van der Waals surface area (Å²) in [5, 5.41) is 9.90. The number of rotatable bonds is 1. The van der Waals surface area contributed by atoms with E-state index < -0.39 is 22.8 Å². The smallest absolute Gasteiger partial charge is 0.369 e. The molecular formula is C8H5F6OS. The fourth-order valence-corrected chi connectivity index (χ4v) is 1.97. The number of hydrogen-bond donors (Lipinski definition) is 1. The molecule has 1 radical (unpaired) electrons. The molecule has 1 heterocycles. The van der Waals surface area contributed by atoms with Gasteiger partial charge in [-0.25, -0.2) is 0 Å². The van der Waals surface area contributed by atoms with Crippen LogP contribution in [0.5, 0.6) is 0 Å². The van der Waals surface area contributed by atoms with Crippen LogP contribution in [0.4, 0.5) is 26.3 Å². The van der Waals surface area contributed by atoms with Gasteiger partial charge in [0.05, 0.1) is 4.88 Å². The quantitative estimate of drug-likeness (QED) is 0.771. The summed E-state index contributed by atoms with van der Waals surface area (Å²) in [5.74, 6) is 0. The first-order valence-electron chi connectivity index (χ1n) is 3.77. The van der Waals surface area contributed by atoms with Crippen molar-refractivity contribution in [3.8, 4) is 0 Å². The lowest BCUT2D eigenvalue weighted by Crippen LogP contribution is -2.53. The highest BCUT2D eigenvalue weighted by Crippen LogP contribution is 2.51. The second-order valence-corrected chi connectivity index (χ2v) is 3.94. The average Bonchev–Trinajstić information content (AvgIpc) is 2.46. The number of halogens is 6. The van der Waals surface area contributed by atoms with Gasteiger partial charge in [0, 0.05) is 0 Å². The van der Waals surface area contributed by atoms with Gasteiger partial charge in [0.15, 0.2) is 0 Å². The molecule has 91 valence electrons. The molecule has 16 heavy (non-hydrogen) atoms. The van der Waals surface area contributed by atoms with Crippen molar-refractivity contribution in [3.05, 3.63) is 28.8 Å². The minimum absolute atomic E-state index is 0.0214. The Morgan fingerprint density at radius 1 is 1.06 bits per heavy atom. The molecule has 0 spiro atoms. The summed E-state index contributed by atoms with van der Waals surface area (Å²) in [5.41, 5.74) is -4.85. The first kappa shape index (κ1) is 13.3. The monoisotopic (exact) mass is 263 g/mol. The van der Waals surface area contributed by atoms with Crippen molar-refractivity contribution in [2.75, 3.05) is 0 Å². The van der Waals surface area contributed by atoms with E-state index in [1.165, 1.54) is 0 Å². The van der Waals surface area contributed by atoms with Gasteiger partial charge in [0.25, 0.3) is 5.60 Å². The molecule has 1 aromatic rings. The van der Waals surface area contributed by atoms with Gasteiger partial charge >= 0.3 is 12.4 Å². The lowest BCUT2D eigenvalue weighted by Gasteiger charge is -2.31. The van der Waals surface area contributed by atoms with E-state index in [1.807, 2.05) is 0 Å². The van der Waals surface area contributed by atoms with Crippen LogP contribution >= 0.6 is 11.3 Å². The molecule has 1 nitrogen and oxygen atoms in total. The minimum Gasteiger partial charge on any atom is -0.369 e. The maximum Gasteiger partial charge on any atom is 0.431 e. The summed E-state index contributed by atoms with van der Waals surface area (Å²) in [6.07, 6.45) is -11.7. The Morgan fingerprint density at radius 3 is 1.75 bits per heavy atom. The Kier molecular flexibility index (Phi) is 3.01. The van der Waals surface area contributed by atoms with Crippen molar-refractivity contribution < 1.29 is 31.4 Å². The molecule has 0 saturated heterocycles. The van der Waals surface area contributed by atoms with Crippen molar-refractivity contribution in [2.24, 2.45) is 0 Å². The van der Waals surface area contributed by atoms with Gasteiger partial charge in [-0.05, 0) is 23.9 Å². The van der Waals surface area contributed by atoms with Crippen molar-refractivity contribution >= 4 is 11.3 Å². The van der Waals surface area contributed by atoms with Gasteiger partial charge in [0.1, 0.15) is 0 Å². The van der Waals surface area contributed by atoms with Crippen molar-refractivity contribution in [1.82, 2.24) is 0 Å². The van der Waals surface area contributed by atoms with Crippen LogP contribution in [0.2, 0.25) is 0 Å². The average molecular weight is 263 g/mol. The highest BCUT2D eigenvalue weighted by molar-refractivity contribution is 7.10. The van der Waals surface area contributed by atoms with Crippen LogP contribution in [-0.4, -0.2) is 17.5 Å². The van der Waals surface area contributed by atoms with E-state index in [4.69, 9.17) is 5.11 Å². The van der Waals surface area contributed by atoms with E-state index in [2.05, 4.69) is 6.92 Å². The zero-order chi connectivity index (χ0) is 12.8. The first-order valence-corrected chi connectivity index (χ1v) is 4.65. The molecule has 0 saturated carbocycles. The molecule has 0 amide bonds. The van der Waals surface area contributed by atoms with Crippen LogP contribution in [0.25, 0.3) is 0 Å². The third-order valence-corrected chi connectivity index (χ3v) is 2.92. The van der Waals surface area contributed by atoms with E-state index in [0.717, 1.165) is 5.38 Å². The number of hydrogen-bond acceptors (Lipinski definition) is 2. The van der Waals surface area contributed by atoms with E-state index in [-0.39, 0.29) is 16.9 Å². The highest BCUT2D eigenvalue weighted by atomic mass is 32.1. The fraction of sp³-hybridized carbons (Fsp3) is 0.375. The molecule has 1 N–H and O–H groups in total. The second kappa shape index (κ2) is 3.63. The lowest BCUT2D eigenvalue weighted by molar-refractivity contribution is -0.374. The van der Waals surface area contributed by atoms with E-state index in [1.54, 1.807) is 0 Å². The minimum atomic E-state index is -5.83. The van der Waals surface area contributed by atoms with Crippen LogP contribution in [0.15, 0.2) is 11.4 Å². The summed E-state index contributed by atoms with van der Waals surface area (Å²) in [6.45, 7) is 3.18. The van der Waals surface area contributed by atoms with Crippen LogP contribution in [-0.2, 0) is 5.60 Å². The Morgan fingerprint density at radius 2 is 1.50 bits per heavy atom. The van der Waals surface area contributed by atoms with Gasteiger partial charge in [0.2, 0.25) is 0 Å². The molecular weight excluding hydrogens is 258 g/mol.